The van der Waals surface area contributed by atoms with Gasteiger partial charge in [-0.15, -0.1) is 0 Å². The number of anilines is 1. The molecule has 3 aliphatic rings. The van der Waals surface area contributed by atoms with Crippen LogP contribution in [0.1, 0.15) is 35.7 Å². The summed E-state index contributed by atoms with van der Waals surface area (Å²) in [6.45, 7) is 4.42. The van der Waals surface area contributed by atoms with Crippen LogP contribution in [0.3, 0.4) is 0 Å². The molecule has 0 aromatic heterocycles. The van der Waals surface area contributed by atoms with E-state index in [2.05, 4.69) is 16.0 Å². The molecule has 36 heavy (non-hydrogen) atoms. The van der Waals surface area contributed by atoms with Gasteiger partial charge in [0.25, 0.3) is 5.91 Å². The van der Waals surface area contributed by atoms with Gasteiger partial charge >= 0.3 is 15.6 Å². The Morgan fingerprint density at radius 3 is 2.58 bits per heavy atom. The van der Waals surface area contributed by atoms with Gasteiger partial charge in [-0.3, -0.25) is 9.69 Å². The minimum atomic E-state index is -5.79. The molecule has 12 heteroatoms. The van der Waals surface area contributed by atoms with Crippen LogP contribution in [-0.2, 0) is 16.5 Å². The number of hydrogen-bond donors (Lipinski definition) is 0. The first-order valence-electron chi connectivity index (χ1n) is 11.6. The maximum absolute atomic E-state index is 13.1. The largest absolute Gasteiger partial charge is 0.534 e. The number of halogens is 4. The Labute approximate surface area is 211 Å². The van der Waals surface area contributed by atoms with Crippen molar-refractivity contribution in [2.75, 3.05) is 24.5 Å². The topological polar surface area (TPSA) is 76.2 Å². The van der Waals surface area contributed by atoms with E-state index in [1.807, 2.05) is 0 Å². The maximum atomic E-state index is 13.1. The van der Waals surface area contributed by atoms with E-state index in [1.165, 1.54) is 17.4 Å². The fourth-order valence-electron chi connectivity index (χ4n) is 5.28. The molecule has 194 valence electrons. The molecule has 0 saturated carbocycles. The highest BCUT2D eigenvalue weighted by molar-refractivity contribution is 7.88. The standard InChI is InChI=1S/C24H24ClF3N2O5S/c1-14-15-6-8-29(14)13-19(10-15)34-22-5-2-17(12-21(22)25)30-9-7-16-11-18(3-4-20(16)23(30)31)35-36(32,33)24(26,27)28/h2-5,11-12,14-15,19H,6-10,13H2,1H3/t14?,15-,19-/m1/s1. The van der Waals surface area contributed by atoms with Crippen molar-refractivity contribution in [1.29, 1.82) is 0 Å². The third kappa shape index (κ3) is 4.64. The molecule has 2 aromatic rings. The van der Waals surface area contributed by atoms with Crippen molar-refractivity contribution in [2.24, 2.45) is 5.92 Å². The molecular weight excluding hydrogens is 521 g/mol. The molecule has 2 aromatic carbocycles. The fourth-order valence-corrected chi connectivity index (χ4v) is 5.95. The minimum Gasteiger partial charge on any atom is -0.488 e. The average Bonchev–Trinajstić information content (AvgIpc) is 3.00. The lowest BCUT2D eigenvalue weighted by molar-refractivity contribution is -0.0500. The van der Waals surface area contributed by atoms with Crippen molar-refractivity contribution in [2.45, 2.75) is 43.8 Å². The number of piperidine rings is 1. The summed E-state index contributed by atoms with van der Waals surface area (Å²) in [5, 5.41) is 0.383. The van der Waals surface area contributed by atoms with Gasteiger partial charge in [0.2, 0.25) is 0 Å². The van der Waals surface area contributed by atoms with E-state index in [1.54, 1.807) is 18.2 Å². The van der Waals surface area contributed by atoms with Gasteiger partial charge in [-0.25, -0.2) is 0 Å². The molecule has 0 N–H and O–H groups in total. The lowest BCUT2D eigenvalue weighted by Crippen LogP contribution is -2.44. The zero-order valence-corrected chi connectivity index (χ0v) is 20.9. The smallest absolute Gasteiger partial charge is 0.488 e. The second kappa shape index (κ2) is 9.11. The number of fused-ring (bicyclic) bond motifs is 3. The molecule has 1 unspecified atom stereocenters. The van der Waals surface area contributed by atoms with E-state index in [0.717, 1.165) is 31.6 Å². The van der Waals surface area contributed by atoms with Crippen molar-refractivity contribution >= 4 is 33.3 Å². The Balaban J connectivity index is 1.29. The van der Waals surface area contributed by atoms with Gasteiger partial charge in [0, 0.05) is 30.4 Å². The van der Waals surface area contributed by atoms with Gasteiger partial charge < -0.3 is 13.8 Å². The first-order chi connectivity index (χ1) is 16.9. The van der Waals surface area contributed by atoms with Crippen LogP contribution in [0.25, 0.3) is 0 Å². The number of benzene rings is 2. The molecule has 2 saturated heterocycles. The van der Waals surface area contributed by atoms with Gasteiger partial charge in [0.15, 0.2) is 0 Å². The number of carbonyl (C=O) groups is 1. The quantitative estimate of drug-likeness (QED) is 0.403. The summed E-state index contributed by atoms with van der Waals surface area (Å²) >= 11 is 6.51. The molecule has 0 spiro atoms. The van der Waals surface area contributed by atoms with E-state index in [9.17, 15) is 26.4 Å². The highest BCUT2D eigenvalue weighted by atomic mass is 35.5. The summed E-state index contributed by atoms with van der Waals surface area (Å²) in [6, 6.07) is 9.17. The van der Waals surface area contributed by atoms with Crippen LogP contribution in [0, 0.1) is 5.92 Å². The van der Waals surface area contributed by atoms with Gasteiger partial charge in [-0.1, -0.05) is 11.6 Å². The van der Waals surface area contributed by atoms with Crippen molar-refractivity contribution in [3.63, 3.8) is 0 Å². The predicted octanol–water partition coefficient (Wildman–Crippen LogP) is 4.63. The third-order valence-corrected chi connectivity index (χ3v) is 8.49. The number of rotatable bonds is 5. The minimum absolute atomic E-state index is 0.0538. The van der Waals surface area contributed by atoms with Crippen LogP contribution in [0.2, 0.25) is 5.02 Å². The predicted molar refractivity (Wildman–Crippen MR) is 127 cm³/mol. The number of alkyl halides is 3. The Bertz CT molecular complexity index is 1290. The molecule has 3 aliphatic heterocycles. The summed E-state index contributed by atoms with van der Waals surface area (Å²) in [7, 11) is -5.79. The van der Waals surface area contributed by atoms with Crippen LogP contribution in [0.5, 0.6) is 11.5 Å². The first-order valence-corrected chi connectivity index (χ1v) is 13.4. The van der Waals surface area contributed by atoms with Crippen LogP contribution < -0.4 is 13.8 Å². The average molecular weight is 545 g/mol. The molecule has 2 bridgehead atoms. The molecule has 7 nitrogen and oxygen atoms in total. The molecule has 5 rings (SSSR count). The number of ether oxygens (including phenoxy) is 1. The molecule has 1 amide bonds. The summed E-state index contributed by atoms with van der Waals surface area (Å²) in [6.07, 6.45) is 2.50. The Hall–Kier alpha value is -2.50. The van der Waals surface area contributed by atoms with Crippen molar-refractivity contribution in [3.8, 4) is 11.5 Å². The normalized spacial score (nSPS) is 26.0. The molecule has 0 aliphatic carbocycles. The van der Waals surface area contributed by atoms with Crippen molar-refractivity contribution in [1.82, 2.24) is 4.90 Å². The highest BCUT2D eigenvalue weighted by Gasteiger charge is 2.48. The van der Waals surface area contributed by atoms with Crippen LogP contribution in [0.15, 0.2) is 36.4 Å². The summed E-state index contributed by atoms with van der Waals surface area (Å²) in [5.41, 5.74) is -4.34. The highest BCUT2D eigenvalue weighted by Crippen LogP contribution is 2.38. The van der Waals surface area contributed by atoms with Gasteiger partial charge in [0.05, 0.1) is 5.02 Å². The Morgan fingerprint density at radius 2 is 1.89 bits per heavy atom. The number of nitrogens with zero attached hydrogens (tertiary/aromatic N) is 2. The van der Waals surface area contributed by atoms with Crippen molar-refractivity contribution < 1.29 is 35.3 Å². The third-order valence-electron chi connectivity index (χ3n) is 7.22. The summed E-state index contributed by atoms with van der Waals surface area (Å²) in [5.74, 6) is 0.293. The maximum Gasteiger partial charge on any atom is 0.534 e. The van der Waals surface area contributed by atoms with Crippen LogP contribution >= 0.6 is 11.6 Å². The van der Waals surface area contributed by atoms with Crippen LogP contribution in [-0.4, -0.2) is 56.5 Å². The van der Waals surface area contributed by atoms with E-state index in [4.69, 9.17) is 16.3 Å². The van der Waals surface area contributed by atoms with Crippen LogP contribution in [0.4, 0.5) is 18.9 Å². The fraction of sp³-hybridized carbons (Fsp3) is 0.458. The van der Waals surface area contributed by atoms with E-state index in [-0.39, 0.29) is 30.5 Å². The molecule has 2 fully saturated rings. The molecule has 3 heterocycles. The second-order valence-corrected chi connectivity index (χ2v) is 11.3. The number of amides is 1. The lowest BCUT2D eigenvalue weighted by Gasteiger charge is -2.36. The van der Waals surface area contributed by atoms with Crippen molar-refractivity contribution in [3.05, 3.63) is 52.5 Å². The van der Waals surface area contributed by atoms with Gasteiger partial charge in [-0.05, 0) is 80.6 Å². The SMILES string of the molecule is CC1[C@@H]2CC[N@@]1C[C@H](Oc1ccc(N3CCc4cc(OS(=O)(=O)C(F)(F)F)ccc4C3=O)cc1Cl)C2. The molecule has 0 radical (unpaired) electrons. The Morgan fingerprint density at radius 1 is 1.11 bits per heavy atom. The van der Waals surface area contributed by atoms with E-state index in [0.29, 0.717) is 34.0 Å². The van der Waals surface area contributed by atoms with Gasteiger partial charge in [0.1, 0.15) is 17.6 Å². The zero-order valence-electron chi connectivity index (χ0n) is 19.3. The first kappa shape index (κ1) is 25.2. The van der Waals surface area contributed by atoms with E-state index >= 15 is 0 Å². The number of hydrogen-bond acceptors (Lipinski definition) is 6. The molecular formula is C24H24ClF3N2O5S. The number of carbonyl (C=O) groups excluding carboxylic acids is 1. The van der Waals surface area contributed by atoms with Gasteiger partial charge in [-0.2, -0.15) is 21.6 Å². The monoisotopic (exact) mass is 544 g/mol. The molecule has 4 atom stereocenters. The summed E-state index contributed by atoms with van der Waals surface area (Å²) < 4.78 is 70.8. The second-order valence-electron chi connectivity index (χ2n) is 9.38. The van der Waals surface area contributed by atoms with E-state index < -0.39 is 21.4 Å². The Kier molecular flexibility index (Phi) is 6.37. The summed E-state index contributed by atoms with van der Waals surface area (Å²) in [4.78, 5) is 17.0. The zero-order chi connectivity index (χ0) is 25.8. The lowest BCUT2D eigenvalue weighted by atomic mass is 9.92.